The number of nitrogens with zero attached hydrogens (tertiary/aromatic N) is 1. The van der Waals surface area contributed by atoms with Crippen LogP contribution in [0.4, 0.5) is 5.69 Å². The van der Waals surface area contributed by atoms with Gasteiger partial charge in [0.05, 0.1) is 5.60 Å². The Morgan fingerprint density at radius 3 is 2.61 bits per heavy atom. The first-order chi connectivity index (χ1) is 8.54. The molecule has 1 aliphatic rings. The fraction of sp³-hybridized carbons (Fsp3) is 0.500. The van der Waals surface area contributed by atoms with Crippen LogP contribution in [0.25, 0.3) is 0 Å². The van der Waals surface area contributed by atoms with E-state index in [1.165, 1.54) is 5.69 Å². The minimum Gasteiger partial charge on any atom is -0.384 e. The molecular weight excluding hydrogens is 226 g/mol. The van der Waals surface area contributed by atoms with Crippen molar-refractivity contribution in [2.75, 3.05) is 25.1 Å². The molecule has 4 heteroatoms. The molecule has 0 aromatic heterocycles. The van der Waals surface area contributed by atoms with Crippen molar-refractivity contribution in [2.24, 2.45) is 5.73 Å². The van der Waals surface area contributed by atoms with Crippen LogP contribution in [0.1, 0.15) is 25.3 Å². The lowest BCUT2D eigenvalue weighted by atomic mass is 9.94. The molecule has 4 nitrogen and oxygen atoms in total. The number of nitrogens with one attached hydrogen (secondary N) is 1. The van der Waals surface area contributed by atoms with Crippen LogP contribution in [-0.4, -0.2) is 31.6 Å². The Morgan fingerprint density at radius 1 is 1.39 bits per heavy atom. The van der Waals surface area contributed by atoms with E-state index in [-0.39, 0.29) is 11.4 Å². The van der Waals surface area contributed by atoms with Gasteiger partial charge in [0.25, 0.3) is 0 Å². The van der Waals surface area contributed by atoms with Crippen molar-refractivity contribution in [2.45, 2.75) is 25.4 Å². The highest BCUT2D eigenvalue weighted by molar-refractivity contribution is 5.95. The number of rotatable bonds is 3. The molecule has 1 aromatic carbocycles. The van der Waals surface area contributed by atoms with Crippen LogP contribution in [-0.2, 0) is 4.74 Å². The van der Waals surface area contributed by atoms with E-state index in [0.717, 1.165) is 31.5 Å². The van der Waals surface area contributed by atoms with Crippen molar-refractivity contribution in [3.63, 3.8) is 0 Å². The highest BCUT2D eigenvalue weighted by Crippen LogP contribution is 2.28. The largest absolute Gasteiger partial charge is 0.384 e. The number of ether oxygens (including phenoxy) is 1. The summed E-state index contributed by atoms with van der Waals surface area (Å²) in [5.74, 6) is 0.113. The summed E-state index contributed by atoms with van der Waals surface area (Å²) in [6.45, 7) is 4.12. The minimum absolute atomic E-state index is 0.0580. The van der Waals surface area contributed by atoms with Gasteiger partial charge in [-0.25, -0.2) is 0 Å². The van der Waals surface area contributed by atoms with E-state index < -0.39 is 0 Å². The molecular formula is C14H21N3O. The lowest BCUT2D eigenvalue weighted by Crippen LogP contribution is -2.47. The fourth-order valence-electron chi connectivity index (χ4n) is 2.44. The van der Waals surface area contributed by atoms with Crippen LogP contribution in [0.15, 0.2) is 24.3 Å². The Bertz CT molecular complexity index is 429. The average molecular weight is 247 g/mol. The zero-order chi connectivity index (χ0) is 13.2. The monoisotopic (exact) mass is 247 g/mol. The standard InChI is InChI=1S/C14H21N3O/c1-14(18-2)8-3-9-17(10-14)12-6-4-11(5-7-12)13(15)16/h4-7H,3,8-10H2,1-2H3,(H3,15,16). The topological polar surface area (TPSA) is 62.3 Å². The molecule has 1 fully saturated rings. The lowest BCUT2D eigenvalue weighted by molar-refractivity contribution is -0.00465. The molecule has 0 saturated carbocycles. The predicted octanol–water partition coefficient (Wildman–Crippen LogP) is 1.98. The fourth-order valence-corrected chi connectivity index (χ4v) is 2.44. The maximum absolute atomic E-state index is 7.39. The third-order valence-electron chi connectivity index (χ3n) is 3.70. The highest BCUT2D eigenvalue weighted by atomic mass is 16.5. The molecule has 1 atom stereocenters. The summed E-state index contributed by atoms with van der Waals surface area (Å²) >= 11 is 0. The number of hydrogen-bond acceptors (Lipinski definition) is 3. The summed E-state index contributed by atoms with van der Waals surface area (Å²) in [4.78, 5) is 2.33. The number of amidine groups is 1. The molecule has 1 heterocycles. The van der Waals surface area contributed by atoms with Crippen molar-refractivity contribution >= 4 is 11.5 Å². The number of anilines is 1. The Hall–Kier alpha value is -1.55. The van der Waals surface area contributed by atoms with Gasteiger partial charge in [-0.1, -0.05) is 0 Å². The molecule has 3 N–H and O–H groups in total. The van der Waals surface area contributed by atoms with Crippen LogP contribution in [0.3, 0.4) is 0 Å². The Balaban J connectivity index is 2.14. The summed E-state index contributed by atoms with van der Waals surface area (Å²) in [5.41, 5.74) is 7.34. The highest BCUT2D eigenvalue weighted by Gasteiger charge is 2.30. The van der Waals surface area contributed by atoms with Crippen molar-refractivity contribution < 1.29 is 4.74 Å². The zero-order valence-electron chi connectivity index (χ0n) is 11.1. The summed E-state index contributed by atoms with van der Waals surface area (Å²) in [7, 11) is 1.78. The minimum atomic E-state index is -0.0580. The first kappa shape index (κ1) is 12.9. The maximum atomic E-state index is 7.39. The molecule has 1 aromatic rings. The summed E-state index contributed by atoms with van der Waals surface area (Å²) < 4.78 is 5.60. The van der Waals surface area contributed by atoms with Crippen LogP contribution in [0, 0.1) is 5.41 Å². The molecule has 0 amide bonds. The van der Waals surface area contributed by atoms with E-state index in [1.54, 1.807) is 7.11 Å². The molecule has 1 saturated heterocycles. The molecule has 18 heavy (non-hydrogen) atoms. The van der Waals surface area contributed by atoms with Gasteiger partial charge in [0.15, 0.2) is 0 Å². The predicted molar refractivity (Wildman–Crippen MR) is 74.3 cm³/mol. The van der Waals surface area contributed by atoms with E-state index in [0.29, 0.717) is 0 Å². The molecule has 0 bridgehead atoms. The number of benzene rings is 1. The number of hydrogen-bond donors (Lipinski definition) is 2. The van der Waals surface area contributed by atoms with E-state index in [4.69, 9.17) is 15.9 Å². The molecule has 0 radical (unpaired) electrons. The van der Waals surface area contributed by atoms with Gasteiger partial charge >= 0.3 is 0 Å². The van der Waals surface area contributed by atoms with E-state index in [2.05, 4.69) is 11.8 Å². The van der Waals surface area contributed by atoms with Gasteiger partial charge in [-0.15, -0.1) is 0 Å². The summed E-state index contributed by atoms with van der Waals surface area (Å²) in [6, 6.07) is 7.85. The van der Waals surface area contributed by atoms with E-state index >= 15 is 0 Å². The first-order valence-electron chi connectivity index (χ1n) is 6.29. The number of nitrogens with two attached hydrogens (primary N) is 1. The normalized spacial score (nSPS) is 24.0. The third-order valence-corrected chi connectivity index (χ3v) is 3.70. The number of piperidine rings is 1. The molecule has 0 spiro atoms. The van der Waals surface area contributed by atoms with Crippen LogP contribution in [0.2, 0.25) is 0 Å². The zero-order valence-corrected chi connectivity index (χ0v) is 11.1. The van der Waals surface area contributed by atoms with Gasteiger partial charge in [-0.3, -0.25) is 5.41 Å². The first-order valence-corrected chi connectivity index (χ1v) is 6.29. The van der Waals surface area contributed by atoms with Gasteiger partial charge in [0.2, 0.25) is 0 Å². The van der Waals surface area contributed by atoms with Crippen LogP contribution < -0.4 is 10.6 Å². The van der Waals surface area contributed by atoms with Crippen molar-refractivity contribution in [3.8, 4) is 0 Å². The van der Waals surface area contributed by atoms with Crippen molar-refractivity contribution in [1.82, 2.24) is 0 Å². The van der Waals surface area contributed by atoms with Crippen molar-refractivity contribution in [1.29, 1.82) is 5.41 Å². The van der Waals surface area contributed by atoms with Gasteiger partial charge in [-0.2, -0.15) is 0 Å². The summed E-state index contributed by atoms with van der Waals surface area (Å²) in [5, 5.41) is 7.39. The Morgan fingerprint density at radius 2 is 2.06 bits per heavy atom. The van der Waals surface area contributed by atoms with Crippen molar-refractivity contribution in [3.05, 3.63) is 29.8 Å². The SMILES string of the molecule is COC1(C)CCCN(c2ccc(C(=N)N)cc2)C1. The second-order valence-electron chi connectivity index (χ2n) is 5.14. The maximum Gasteiger partial charge on any atom is 0.122 e. The van der Waals surface area contributed by atoms with Gasteiger partial charge in [-0.05, 0) is 44.0 Å². The average Bonchev–Trinajstić information content (AvgIpc) is 2.39. The third kappa shape index (κ3) is 2.64. The summed E-state index contributed by atoms with van der Waals surface area (Å²) in [6.07, 6.45) is 2.24. The lowest BCUT2D eigenvalue weighted by Gasteiger charge is -2.40. The van der Waals surface area contributed by atoms with Gasteiger partial charge in [0.1, 0.15) is 5.84 Å². The molecule has 1 aliphatic heterocycles. The quantitative estimate of drug-likeness (QED) is 0.634. The number of methoxy groups -OCH3 is 1. The Labute approximate surface area is 108 Å². The Kier molecular flexibility index (Phi) is 3.57. The molecule has 1 unspecified atom stereocenters. The van der Waals surface area contributed by atoms with Gasteiger partial charge < -0.3 is 15.4 Å². The second-order valence-corrected chi connectivity index (χ2v) is 5.14. The van der Waals surface area contributed by atoms with Crippen LogP contribution >= 0.6 is 0 Å². The number of nitrogen functional groups attached to an aromatic ring is 1. The smallest absolute Gasteiger partial charge is 0.122 e. The van der Waals surface area contributed by atoms with E-state index in [9.17, 15) is 0 Å². The molecule has 0 aliphatic carbocycles. The van der Waals surface area contributed by atoms with Gasteiger partial charge in [0, 0.05) is 31.5 Å². The molecule has 2 rings (SSSR count). The molecule has 98 valence electrons. The second kappa shape index (κ2) is 4.98. The van der Waals surface area contributed by atoms with E-state index in [1.807, 2.05) is 24.3 Å². The van der Waals surface area contributed by atoms with Crippen LogP contribution in [0.5, 0.6) is 0 Å².